The van der Waals surface area contributed by atoms with Crippen molar-refractivity contribution in [3.8, 4) is 22.9 Å². The third-order valence-electron chi connectivity index (χ3n) is 6.19. The number of nitrogens with zero attached hydrogens (tertiary/aromatic N) is 3. The van der Waals surface area contributed by atoms with Crippen LogP contribution in [-0.4, -0.2) is 30.4 Å². The number of carbonyl (C=O) groups excluding carboxylic acids is 1. The van der Waals surface area contributed by atoms with Crippen LogP contribution in [0.15, 0.2) is 83.0 Å². The summed E-state index contributed by atoms with van der Waals surface area (Å²) in [5, 5.41) is 7.35. The van der Waals surface area contributed by atoms with Crippen LogP contribution in [0.1, 0.15) is 30.0 Å². The van der Waals surface area contributed by atoms with Gasteiger partial charge in [0.05, 0.1) is 31.5 Å². The molecule has 0 bridgehead atoms. The molecule has 5 rings (SSSR count). The predicted molar refractivity (Wildman–Crippen MR) is 137 cm³/mol. The van der Waals surface area contributed by atoms with Crippen molar-refractivity contribution in [2.45, 2.75) is 19.9 Å². The Morgan fingerprint density at radius 1 is 0.917 bits per heavy atom. The highest BCUT2D eigenvalue weighted by Gasteiger charge is 2.36. The normalized spacial score (nSPS) is 15.6. The molecule has 8 heteroatoms. The number of aromatic nitrogens is 2. The van der Waals surface area contributed by atoms with Crippen LogP contribution < -0.4 is 19.7 Å². The van der Waals surface area contributed by atoms with Crippen molar-refractivity contribution in [3.05, 3.63) is 95.5 Å². The second-order valence-electron chi connectivity index (χ2n) is 8.48. The van der Waals surface area contributed by atoms with Crippen LogP contribution in [0.4, 0.5) is 10.5 Å². The van der Waals surface area contributed by atoms with Gasteiger partial charge in [0.25, 0.3) is 5.89 Å². The fourth-order valence-corrected chi connectivity index (χ4v) is 4.31. The minimum absolute atomic E-state index is 0.250. The molecule has 3 aromatic carbocycles. The molecule has 1 aliphatic heterocycles. The number of nitrogens with one attached hydrogen (secondary N) is 1. The molecule has 1 aliphatic rings. The molecule has 36 heavy (non-hydrogen) atoms. The third-order valence-corrected chi connectivity index (χ3v) is 6.19. The Morgan fingerprint density at radius 2 is 1.61 bits per heavy atom. The van der Waals surface area contributed by atoms with Gasteiger partial charge in [-0.2, -0.15) is 4.98 Å². The van der Waals surface area contributed by atoms with E-state index < -0.39 is 6.04 Å². The number of hydrogen-bond acceptors (Lipinski definition) is 6. The average molecular weight is 483 g/mol. The minimum atomic E-state index is -0.520. The molecule has 0 aliphatic carbocycles. The topological polar surface area (TPSA) is 89.7 Å². The van der Waals surface area contributed by atoms with Crippen LogP contribution in [0.3, 0.4) is 0 Å². The van der Waals surface area contributed by atoms with Crippen LogP contribution in [0.2, 0.25) is 0 Å². The Morgan fingerprint density at radius 3 is 2.33 bits per heavy atom. The first-order valence-corrected chi connectivity index (χ1v) is 11.5. The SMILES string of the molecule is COc1cccc(-c2noc(C3=C(C)N(c4ccc(C)cc4)C(=O)NC3c3cccc(OC)c3)n2)c1. The van der Waals surface area contributed by atoms with Gasteiger partial charge in [-0.1, -0.05) is 47.1 Å². The Bertz CT molecular complexity index is 1440. The summed E-state index contributed by atoms with van der Waals surface area (Å²) in [5.74, 6) is 2.11. The van der Waals surface area contributed by atoms with Gasteiger partial charge in [0.1, 0.15) is 11.5 Å². The maximum absolute atomic E-state index is 13.4. The predicted octanol–water partition coefficient (Wildman–Crippen LogP) is 5.76. The highest BCUT2D eigenvalue weighted by Crippen LogP contribution is 2.40. The Balaban J connectivity index is 1.65. The van der Waals surface area contributed by atoms with E-state index in [1.165, 1.54) is 0 Å². The summed E-state index contributed by atoms with van der Waals surface area (Å²) in [7, 11) is 3.22. The molecule has 8 nitrogen and oxygen atoms in total. The molecule has 0 radical (unpaired) electrons. The number of hydrogen-bond donors (Lipinski definition) is 1. The summed E-state index contributed by atoms with van der Waals surface area (Å²) in [6, 6.07) is 22.0. The molecule has 1 N–H and O–H groups in total. The zero-order valence-electron chi connectivity index (χ0n) is 20.5. The standard InChI is InChI=1S/C28H26N4O4/c1-17-11-13-21(14-12-17)32-18(2)24(25(29-28(32)33)19-7-5-9-22(15-19)34-3)27-30-26(31-36-27)20-8-6-10-23(16-20)35-4/h5-16,25H,1-4H3,(H,29,33). The fourth-order valence-electron chi connectivity index (χ4n) is 4.31. The number of carbonyl (C=O) groups is 1. The van der Waals surface area contributed by atoms with Gasteiger partial charge >= 0.3 is 6.03 Å². The second-order valence-corrected chi connectivity index (χ2v) is 8.48. The molecule has 182 valence electrons. The van der Waals surface area contributed by atoms with Crippen molar-refractivity contribution < 1.29 is 18.8 Å². The summed E-state index contributed by atoms with van der Waals surface area (Å²) in [5.41, 5.74) is 4.83. The van der Waals surface area contributed by atoms with E-state index in [2.05, 4.69) is 10.5 Å². The minimum Gasteiger partial charge on any atom is -0.497 e. The highest BCUT2D eigenvalue weighted by molar-refractivity contribution is 6.01. The molecule has 1 atom stereocenters. The number of ether oxygens (including phenoxy) is 2. The quantitative estimate of drug-likeness (QED) is 0.376. The number of aryl methyl sites for hydroxylation is 1. The number of amides is 2. The second kappa shape index (κ2) is 9.58. The smallest absolute Gasteiger partial charge is 0.326 e. The zero-order valence-corrected chi connectivity index (χ0v) is 20.5. The van der Waals surface area contributed by atoms with Gasteiger partial charge in [-0.15, -0.1) is 0 Å². The van der Waals surface area contributed by atoms with Crippen molar-refractivity contribution in [3.63, 3.8) is 0 Å². The molecule has 1 aromatic heterocycles. The summed E-state index contributed by atoms with van der Waals surface area (Å²) >= 11 is 0. The largest absolute Gasteiger partial charge is 0.497 e. The molecular formula is C28H26N4O4. The van der Waals surface area contributed by atoms with Crippen LogP contribution in [-0.2, 0) is 0 Å². The molecular weight excluding hydrogens is 456 g/mol. The van der Waals surface area contributed by atoms with Crippen molar-refractivity contribution in [2.75, 3.05) is 19.1 Å². The summed E-state index contributed by atoms with van der Waals surface area (Å²) in [4.78, 5) is 19.7. The number of benzene rings is 3. The lowest BCUT2D eigenvalue weighted by Gasteiger charge is -2.35. The van der Waals surface area contributed by atoms with E-state index in [1.807, 2.05) is 86.6 Å². The van der Waals surface area contributed by atoms with Crippen molar-refractivity contribution >= 4 is 17.3 Å². The van der Waals surface area contributed by atoms with Gasteiger partial charge in [0.15, 0.2) is 0 Å². The number of anilines is 1. The molecule has 0 fully saturated rings. The van der Waals surface area contributed by atoms with Gasteiger partial charge in [0, 0.05) is 11.3 Å². The highest BCUT2D eigenvalue weighted by atomic mass is 16.5. The summed E-state index contributed by atoms with van der Waals surface area (Å²) in [6.45, 7) is 3.89. The summed E-state index contributed by atoms with van der Waals surface area (Å²) in [6.07, 6.45) is 0. The van der Waals surface area contributed by atoms with E-state index in [0.717, 1.165) is 22.4 Å². The first-order chi connectivity index (χ1) is 17.5. The van der Waals surface area contributed by atoms with E-state index in [4.69, 9.17) is 19.0 Å². The number of rotatable bonds is 6. The van der Waals surface area contributed by atoms with Gasteiger partial charge in [-0.3, -0.25) is 4.90 Å². The molecule has 0 saturated heterocycles. The fraction of sp³-hybridized carbons (Fsp3) is 0.179. The molecule has 0 saturated carbocycles. The van der Waals surface area contributed by atoms with Crippen LogP contribution in [0.5, 0.6) is 11.5 Å². The lowest BCUT2D eigenvalue weighted by atomic mass is 9.94. The first-order valence-electron chi connectivity index (χ1n) is 11.5. The average Bonchev–Trinajstić information content (AvgIpc) is 3.39. The van der Waals surface area contributed by atoms with E-state index >= 15 is 0 Å². The molecule has 2 heterocycles. The van der Waals surface area contributed by atoms with E-state index in [1.54, 1.807) is 19.1 Å². The Labute approximate surface area is 209 Å². The van der Waals surface area contributed by atoms with Crippen LogP contribution in [0.25, 0.3) is 17.0 Å². The van der Waals surface area contributed by atoms with Gasteiger partial charge in [0.2, 0.25) is 5.82 Å². The lowest BCUT2D eigenvalue weighted by Crippen LogP contribution is -2.46. The molecule has 2 amide bonds. The maximum Gasteiger partial charge on any atom is 0.326 e. The Kier molecular flexibility index (Phi) is 6.16. The van der Waals surface area contributed by atoms with Crippen molar-refractivity contribution in [2.24, 2.45) is 0 Å². The molecule has 1 unspecified atom stereocenters. The maximum atomic E-state index is 13.4. The number of allylic oxidation sites excluding steroid dienone is 1. The third kappa shape index (κ3) is 4.29. The van der Waals surface area contributed by atoms with E-state index in [0.29, 0.717) is 34.5 Å². The van der Waals surface area contributed by atoms with Gasteiger partial charge in [-0.25, -0.2) is 4.79 Å². The van der Waals surface area contributed by atoms with Crippen molar-refractivity contribution in [1.29, 1.82) is 0 Å². The van der Waals surface area contributed by atoms with Gasteiger partial charge < -0.3 is 19.3 Å². The number of methoxy groups -OCH3 is 2. The summed E-state index contributed by atoms with van der Waals surface area (Å²) < 4.78 is 16.5. The Hall–Kier alpha value is -4.59. The van der Waals surface area contributed by atoms with Crippen LogP contribution in [0, 0.1) is 6.92 Å². The van der Waals surface area contributed by atoms with Gasteiger partial charge in [-0.05, 0) is 55.8 Å². The first kappa shape index (κ1) is 23.2. The monoisotopic (exact) mass is 482 g/mol. The van der Waals surface area contributed by atoms with E-state index in [-0.39, 0.29) is 6.03 Å². The molecule has 0 spiro atoms. The molecule has 4 aromatic rings. The lowest BCUT2D eigenvalue weighted by molar-refractivity contribution is 0.244. The van der Waals surface area contributed by atoms with Crippen LogP contribution >= 0.6 is 0 Å². The van der Waals surface area contributed by atoms with E-state index in [9.17, 15) is 4.79 Å². The number of urea groups is 1. The van der Waals surface area contributed by atoms with Crippen molar-refractivity contribution in [1.82, 2.24) is 15.5 Å². The zero-order chi connectivity index (χ0) is 25.2.